The van der Waals surface area contributed by atoms with Gasteiger partial charge in [0.05, 0.1) is 18.0 Å². The number of rotatable bonds is 4. The zero-order chi connectivity index (χ0) is 24.8. The zero-order valence-electron chi connectivity index (χ0n) is 17.3. The van der Waals surface area contributed by atoms with Crippen LogP contribution in [0.25, 0.3) is 0 Å². The van der Waals surface area contributed by atoms with Crippen LogP contribution in [0, 0.1) is 17.2 Å². The number of anilines is 1. The van der Waals surface area contributed by atoms with Gasteiger partial charge in [0.1, 0.15) is 11.9 Å². The van der Waals surface area contributed by atoms with Crippen LogP contribution in [-0.2, 0) is 16.0 Å². The fraction of sp³-hybridized carbons (Fsp3) is 0.286. The van der Waals surface area contributed by atoms with Gasteiger partial charge >= 0.3 is 18.2 Å². The Labute approximate surface area is 186 Å². The molecule has 0 spiro atoms. The average Bonchev–Trinajstić information content (AvgIpc) is 2.75. The number of benzene rings is 1. The van der Waals surface area contributed by atoms with Crippen LogP contribution < -0.4 is 11.1 Å². The van der Waals surface area contributed by atoms with E-state index in [-0.39, 0.29) is 11.9 Å². The molecule has 4 N–H and O–H groups in total. The number of hydrogen-bond donors (Lipinski definition) is 3. The minimum atomic E-state index is -5.08. The van der Waals surface area contributed by atoms with Crippen LogP contribution in [0.1, 0.15) is 24.1 Å². The van der Waals surface area contributed by atoms with Crippen LogP contribution in [-0.4, -0.2) is 45.1 Å². The van der Waals surface area contributed by atoms with E-state index in [2.05, 4.69) is 16.4 Å². The molecule has 9 nitrogen and oxygen atoms in total. The molecule has 1 aromatic heterocycles. The number of halogens is 3. The van der Waals surface area contributed by atoms with E-state index in [1.54, 1.807) is 18.3 Å². The van der Waals surface area contributed by atoms with E-state index >= 15 is 0 Å². The smallest absolute Gasteiger partial charge is 0.475 e. The minimum absolute atomic E-state index is 0.269. The van der Waals surface area contributed by atoms with Gasteiger partial charge in [-0.05, 0) is 36.6 Å². The van der Waals surface area contributed by atoms with E-state index in [1.807, 2.05) is 37.3 Å². The number of β-lactam (4-membered cyclic amide) rings is 1. The normalized spacial score (nSPS) is 18.2. The lowest BCUT2D eigenvalue weighted by Crippen LogP contribution is -2.65. The minimum Gasteiger partial charge on any atom is -0.475 e. The number of carbonyl (C=O) groups excluding carboxylic acids is 2. The Bertz CT molecular complexity index is 1060. The first-order valence-electron chi connectivity index (χ1n) is 9.54. The number of aromatic nitrogens is 1. The molecule has 1 aliphatic rings. The number of nitrogens with zero attached hydrogens (tertiary/aromatic N) is 3. The number of nitrogens with two attached hydrogens (primary N) is 1. The Morgan fingerprint density at radius 1 is 1.30 bits per heavy atom. The molecule has 0 bridgehead atoms. The number of carboxylic acid groups (broad SMARTS) is 1. The second kappa shape index (κ2) is 10.4. The Morgan fingerprint density at radius 2 is 1.91 bits per heavy atom. The Balaban J connectivity index is 0.000000479. The molecule has 0 aliphatic carbocycles. The van der Waals surface area contributed by atoms with E-state index in [0.717, 1.165) is 16.0 Å². The first-order chi connectivity index (χ1) is 15.5. The van der Waals surface area contributed by atoms with Crippen LogP contribution >= 0.6 is 0 Å². The molecule has 174 valence electrons. The van der Waals surface area contributed by atoms with Crippen molar-refractivity contribution in [3.05, 3.63) is 59.8 Å². The fourth-order valence-electron chi connectivity index (χ4n) is 3.08. The predicted molar refractivity (Wildman–Crippen MR) is 109 cm³/mol. The summed E-state index contributed by atoms with van der Waals surface area (Å²) >= 11 is 0. The molecule has 0 radical (unpaired) electrons. The molecule has 1 fully saturated rings. The van der Waals surface area contributed by atoms with Gasteiger partial charge in [0.2, 0.25) is 5.91 Å². The number of likely N-dealkylation sites (tertiary alicyclic amines) is 1. The standard InChI is InChI=1S/C19H19N5O2.C2HF3O2/c1-12(14-5-3-2-4-6-14)23-19(26)24-16(11-20)15(18(24)25)9-13-7-8-22-17(21)10-13;3-2(4,5)1(6)7/h2-8,10,12,15-16H,9H2,1H3,(H2,21,22)(H,23,26);(H,6,7)/t12-,15-,16-;/m1./s1. The molecule has 0 saturated carbocycles. The molecule has 3 amide bonds. The largest absolute Gasteiger partial charge is 0.490 e. The van der Waals surface area contributed by atoms with Crippen molar-refractivity contribution in [1.82, 2.24) is 15.2 Å². The lowest BCUT2D eigenvalue weighted by atomic mass is 9.83. The summed E-state index contributed by atoms with van der Waals surface area (Å²) in [6.45, 7) is 1.83. The SMILES string of the molecule is C[C@@H](NC(=O)N1C(=O)[C@H](Cc2ccnc(N)c2)[C@H]1C#N)c1ccccc1.O=C(O)C(F)(F)F. The maximum absolute atomic E-state index is 12.5. The van der Waals surface area contributed by atoms with Crippen LogP contribution in [0.4, 0.5) is 23.8 Å². The van der Waals surface area contributed by atoms with E-state index in [1.165, 1.54) is 0 Å². The number of pyridine rings is 1. The van der Waals surface area contributed by atoms with Gasteiger partial charge in [0, 0.05) is 6.20 Å². The van der Waals surface area contributed by atoms with Crippen LogP contribution in [0.2, 0.25) is 0 Å². The number of urea groups is 1. The number of carboxylic acids is 1. The predicted octanol–water partition coefficient (Wildman–Crippen LogP) is 2.66. The molecule has 1 saturated heterocycles. The second-order valence-corrected chi connectivity index (χ2v) is 7.07. The van der Waals surface area contributed by atoms with Crippen molar-refractivity contribution in [1.29, 1.82) is 5.26 Å². The Hall–Kier alpha value is -4.14. The number of nitrogens with one attached hydrogen (secondary N) is 1. The van der Waals surface area contributed by atoms with Gasteiger partial charge in [-0.25, -0.2) is 19.5 Å². The number of nitrogen functional groups attached to an aromatic ring is 1. The van der Waals surface area contributed by atoms with E-state index in [0.29, 0.717) is 12.2 Å². The highest BCUT2D eigenvalue weighted by atomic mass is 19.4. The third-order valence-electron chi connectivity index (χ3n) is 4.75. The first kappa shape index (κ1) is 25.1. The van der Waals surface area contributed by atoms with Crippen LogP contribution in [0.15, 0.2) is 48.7 Å². The van der Waals surface area contributed by atoms with Gasteiger partial charge < -0.3 is 16.2 Å². The summed E-state index contributed by atoms with van der Waals surface area (Å²) in [6, 6.07) is 13.3. The molecule has 1 aromatic carbocycles. The number of amides is 3. The van der Waals surface area contributed by atoms with Gasteiger partial charge in [-0.2, -0.15) is 18.4 Å². The number of aliphatic carboxylic acids is 1. The van der Waals surface area contributed by atoms with Crippen LogP contribution in [0.5, 0.6) is 0 Å². The van der Waals surface area contributed by atoms with Crippen molar-refractivity contribution in [2.75, 3.05) is 5.73 Å². The molecule has 1 aliphatic heterocycles. The van der Waals surface area contributed by atoms with Crippen molar-refractivity contribution in [2.24, 2.45) is 5.92 Å². The van der Waals surface area contributed by atoms with E-state index in [9.17, 15) is 28.0 Å². The summed E-state index contributed by atoms with van der Waals surface area (Å²) in [4.78, 5) is 38.7. The first-order valence-corrected chi connectivity index (χ1v) is 9.54. The summed E-state index contributed by atoms with van der Waals surface area (Å²) < 4.78 is 31.7. The number of nitriles is 1. The summed E-state index contributed by atoms with van der Waals surface area (Å²) in [7, 11) is 0. The topological polar surface area (TPSA) is 149 Å². The summed E-state index contributed by atoms with van der Waals surface area (Å²) in [5, 5.41) is 19.3. The highest BCUT2D eigenvalue weighted by Gasteiger charge is 2.51. The molecule has 2 aromatic rings. The van der Waals surface area contributed by atoms with Gasteiger partial charge in [0.15, 0.2) is 0 Å². The maximum atomic E-state index is 12.5. The van der Waals surface area contributed by atoms with Gasteiger partial charge in [-0.15, -0.1) is 0 Å². The average molecular weight is 463 g/mol. The van der Waals surface area contributed by atoms with Gasteiger partial charge in [0.25, 0.3) is 0 Å². The van der Waals surface area contributed by atoms with Crippen LogP contribution in [0.3, 0.4) is 0 Å². The summed E-state index contributed by atoms with van der Waals surface area (Å²) in [5.74, 6) is -3.31. The molecule has 0 unspecified atom stereocenters. The number of alkyl halides is 3. The van der Waals surface area contributed by atoms with Gasteiger partial charge in [-0.1, -0.05) is 30.3 Å². The molecular formula is C21H20F3N5O4. The second-order valence-electron chi connectivity index (χ2n) is 7.07. The van der Waals surface area contributed by atoms with E-state index in [4.69, 9.17) is 15.6 Å². The van der Waals surface area contributed by atoms with Crippen molar-refractivity contribution >= 4 is 23.7 Å². The Kier molecular flexibility index (Phi) is 7.95. The third kappa shape index (κ3) is 6.42. The summed E-state index contributed by atoms with van der Waals surface area (Å²) in [5.41, 5.74) is 7.38. The van der Waals surface area contributed by atoms with Gasteiger partial charge in [-0.3, -0.25) is 4.79 Å². The molecule has 2 heterocycles. The van der Waals surface area contributed by atoms with Crippen molar-refractivity contribution in [3.8, 4) is 6.07 Å². The number of carbonyl (C=O) groups is 3. The highest BCUT2D eigenvalue weighted by Crippen LogP contribution is 2.30. The molecule has 12 heteroatoms. The Morgan fingerprint density at radius 3 is 2.42 bits per heavy atom. The quantitative estimate of drug-likeness (QED) is 0.590. The third-order valence-corrected chi connectivity index (χ3v) is 4.75. The fourth-order valence-corrected chi connectivity index (χ4v) is 3.08. The highest BCUT2D eigenvalue weighted by molar-refractivity contribution is 6.02. The molecular weight excluding hydrogens is 443 g/mol. The lowest BCUT2D eigenvalue weighted by molar-refractivity contribution is -0.192. The van der Waals surface area contributed by atoms with Crippen molar-refractivity contribution < 1.29 is 32.7 Å². The molecule has 3 atom stereocenters. The van der Waals surface area contributed by atoms with Crippen molar-refractivity contribution in [2.45, 2.75) is 31.6 Å². The van der Waals surface area contributed by atoms with E-state index < -0.39 is 30.1 Å². The lowest BCUT2D eigenvalue weighted by Gasteiger charge is -2.42. The summed E-state index contributed by atoms with van der Waals surface area (Å²) in [6.07, 6.45) is -3.18. The molecule has 33 heavy (non-hydrogen) atoms. The number of hydrogen-bond acceptors (Lipinski definition) is 6. The molecule has 3 rings (SSSR count). The number of imide groups is 1. The maximum Gasteiger partial charge on any atom is 0.490 e. The van der Waals surface area contributed by atoms with Crippen molar-refractivity contribution in [3.63, 3.8) is 0 Å². The monoisotopic (exact) mass is 463 g/mol. The zero-order valence-corrected chi connectivity index (χ0v) is 17.3.